The van der Waals surface area contributed by atoms with Crippen molar-refractivity contribution in [1.82, 2.24) is 19.6 Å². The number of hydrogen-bond donors (Lipinski definition) is 1. The van der Waals surface area contributed by atoms with Crippen LogP contribution in [0.15, 0.2) is 54.7 Å². The Morgan fingerprint density at radius 3 is 2.45 bits per heavy atom. The van der Waals surface area contributed by atoms with Crippen LogP contribution in [0.3, 0.4) is 0 Å². The number of nitrogens with zero attached hydrogens (tertiary/aromatic N) is 4. The summed E-state index contributed by atoms with van der Waals surface area (Å²) in [5.41, 5.74) is 6.88. The Bertz CT molecular complexity index is 1270. The molecular weight excluding hydrogens is 414 g/mol. The van der Waals surface area contributed by atoms with E-state index in [0.717, 1.165) is 12.3 Å². The van der Waals surface area contributed by atoms with Gasteiger partial charge in [-0.15, -0.1) is 0 Å². The molecule has 4 aromatic rings. The summed E-state index contributed by atoms with van der Waals surface area (Å²) < 4.78 is 53.4. The van der Waals surface area contributed by atoms with Crippen LogP contribution in [0.25, 0.3) is 16.9 Å². The van der Waals surface area contributed by atoms with Crippen molar-refractivity contribution in [1.29, 1.82) is 0 Å². The molecule has 158 valence electrons. The first-order chi connectivity index (χ1) is 14.7. The number of nitrogens with two attached hydrogens (primary N) is 1. The number of alkyl halides is 3. The van der Waals surface area contributed by atoms with Crippen LogP contribution in [0.5, 0.6) is 0 Å². The Hall–Kier alpha value is -3.82. The van der Waals surface area contributed by atoms with Crippen LogP contribution in [0.1, 0.15) is 27.4 Å². The van der Waals surface area contributed by atoms with Gasteiger partial charge in [0.25, 0.3) is 5.91 Å². The maximum absolute atomic E-state index is 13.3. The third-order valence-electron chi connectivity index (χ3n) is 4.65. The third-order valence-corrected chi connectivity index (χ3v) is 4.65. The number of carbonyl (C=O) groups is 1. The van der Waals surface area contributed by atoms with Gasteiger partial charge in [-0.1, -0.05) is 0 Å². The zero-order valence-electron chi connectivity index (χ0n) is 15.9. The second-order valence-corrected chi connectivity index (χ2v) is 6.85. The SMILES string of the molecule is NC(=O)c1cc(-c2ccc(F)cc2)n2nc(CCc3ccnc(C(F)(F)F)c3)cc2n1. The molecule has 0 fully saturated rings. The minimum Gasteiger partial charge on any atom is -0.364 e. The molecular formula is C21H15F4N5O. The average Bonchev–Trinajstić information content (AvgIpc) is 3.15. The number of carbonyl (C=O) groups excluding carboxylic acids is 1. The third kappa shape index (κ3) is 4.37. The molecule has 1 amide bonds. The Morgan fingerprint density at radius 1 is 1.03 bits per heavy atom. The molecule has 31 heavy (non-hydrogen) atoms. The van der Waals surface area contributed by atoms with Gasteiger partial charge in [0, 0.05) is 17.8 Å². The number of benzene rings is 1. The van der Waals surface area contributed by atoms with E-state index < -0.39 is 23.6 Å². The quantitative estimate of drug-likeness (QED) is 0.489. The number of pyridine rings is 1. The van der Waals surface area contributed by atoms with Gasteiger partial charge in [-0.25, -0.2) is 13.9 Å². The number of primary amides is 1. The number of halogens is 4. The van der Waals surface area contributed by atoms with E-state index in [2.05, 4.69) is 15.1 Å². The van der Waals surface area contributed by atoms with Gasteiger partial charge in [0.15, 0.2) is 5.65 Å². The van der Waals surface area contributed by atoms with E-state index in [1.165, 1.54) is 40.9 Å². The van der Waals surface area contributed by atoms with Gasteiger partial charge in [0.2, 0.25) is 0 Å². The predicted octanol–water partition coefficient (Wildman–Crippen LogP) is 3.83. The average molecular weight is 429 g/mol. The first-order valence-electron chi connectivity index (χ1n) is 9.18. The summed E-state index contributed by atoms with van der Waals surface area (Å²) in [4.78, 5) is 19.2. The molecule has 1 aromatic carbocycles. The van der Waals surface area contributed by atoms with Crippen molar-refractivity contribution in [2.75, 3.05) is 0 Å². The van der Waals surface area contributed by atoms with Crippen LogP contribution in [0.4, 0.5) is 17.6 Å². The summed E-state index contributed by atoms with van der Waals surface area (Å²) in [5.74, 6) is -1.15. The molecule has 0 atom stereocenters. The molecule has 0 saturated carbocycles. The van der Waals surface area contributed by atoms with E-state index in [9.17, 15) is 22.4 Å². The van der Waals surface area contributed by atoms with Crippen LogP contribution in [-0.4, -0.2) is 25.5 Å². The van der Waals surface area contributed by atoms with E-state index in [1.807, 2.05) is 0 Å². The first-order valence-corrected chi connectivity index (χ1v) is 9.18. The minimum atomic E-state index is -4.52. The number of fused-ring (bicyclic) bond motifs is 1. The second-order valence-electron chi connectivity index (χ2n) is 6.85. The first kappa shape index (κ1) is 20.5. The van der Waals surface area contributed by atoms with Gasteiger partial charge in [-0.3, -0.25) is 9.78 Å². The lowest BCUT2D eigenvalue weighted by Gasteiger charge is -2.07. The molecule has 4 rings (SSSR count). The van der Waals surface area contributed by atoms with Gasteiger partial charge in [0.1, 0.15) is 17.2 Å². The fourth-order valence-electron chi connectivity index (χ4n) is 3.15. The van der Waals surface area contributed by atoms with E-state index in [1.54, 1.807) is 6.07 Å². The molecule has 0 bridgehead atoms. The lowest BCUT2D eigenvalue weighted by atomic mass is 10.1. The van der Waals surface area contributed by atoms with Crippen molar-refractivity contribution in [2.24, 2.45) is 5.73 Å². The molecule has 0 aliphatic carbocycles. The van der Waals surface area contributed by atoms with Gasteiger partial charge in [-0.05, 0) is 60.9 Å². The maximum Gasteiger partial charge on any atom is 0.433 e. The van der Waals surface area contributed by atoms with Crippen molar-refractivity contribution in [3.63, 3.8) is 0 Å². The Labute approximate surface area is 173 Å². The van der Waals surface area contributed by atoms with Gasteiger partial charge in [-0.2, -0.15) is 18.3 Å². The number of rotatable bonds is 5. The second kappa shape index (κ2) is 7.78. The predicted molar refractivity (Wildman–Crippen MR) is 104 cm³/mol. The Balaban J connectivity index is 1.68. The van der Waals surface area contributed by atoms with E-state index in [4.69, 9.17) is 5.73 Å². The number of hydrogen-bond acceptors (Lipinski definition) is 4. The van der Waals surface area contributed by atoms with Crippen molar-refractivity contribution in [2.45, 2.75) is 19.0 Å². The molecule has 10 heteroatoms. The number of aryl methyl sites for hydroxylation is 2. The van der Waals surface area contributed by atoms with E-state index in [0.29, 0.717) is 41.0 Å². The molecule has 3 aromatic heterocycles. The molecule has 0 saturated heterocycles. The highest BCUT2D eigenvalue weighted by atomic mass is 19.4. The summed E-state index contributed by atoms with van der Waals surface area (Å²) in [7, 11) is 0. The van der Waals surface area contributed by atoms with Crippen LogP contribution in [-0.2, 0) is 19.0 Å². The Morgan fingerprint density at radius 2 is 1.77 bits per heavy atom. The zero-order valence-corrected chi connectivity index (χ0v) is 15.9. The minimum absolute atomic E-state index is 0.0160. The van der Waals surface area contributed by atoms with Gasteiger partial charge < -0.3 is 5.73 Å². The molecule has 2 N–H and O–H groups in total. The fourth-order valence-corrected chi connectivity index (χ4v) is 3.15. The van der Waals surface area contributed by atoms with E-state index >= 15 is 0 Å². The van der Waals surface area contributed by atoms with Crippen molar-refractivity contribution < 1.29 is 22.4 Å². The van der Waals surface area contributed by atoms with Crippen molar-refractivity contribution in [3.05, 3.63) is 83.2 Å². The Kier molecular flexibility index (Phi) is 5.14. The molecule has 0 spiro atoms. The zero-order chi connectivity index (χ0) is 22.2. The molecule has 6 nitrogen and oxygen atoms in total. The lowest BCUT2D eigenvalue weighted by Crippen LogP contribution is -2.14. The molecule has 0 unspecified atom stereocenters. The molecule has 0 aliphatic rings. The van der Waals surface area contributed by atoms with E-state index in [-0.39, 0.29) is 5.69 Å². The highest BCUT2D eigenvalue weighted by molar-refractivity contribution is 5.92. The van der Waals surface area contributed by atoms with Gasteiger partial charge in [0.05, 0.1) is 11.4 Å². The molecule has 0 radical (unpaired) electrons. The summed E-state index contributed by atoms with van der Waals surface area (Å²) >= 11 is 0. The molecule has 0 aliphatic heterocycles. The summed E-state index contributed by atoms with van der Waals surface area (Å²) in [5, 5.41) is 4.47. The van der Waals surface area contributed by atoms with Crippen LogP contribution < -0.4 is 5.73 Å². The number of aromatic nitrogens is 4. The standard InChI is InChI=1S/C21H15F4N5O/c22-14-4-2-13(3-5-14)17-11-16(20(26)31)28-19-10-15(29-30(17)19)6-1-12-7-8-27-18(9-12)21(23,24)25/h2-5,7-11H,1,6H2,(H2,26,31). The van der Waals surface area contributed by atoms with Crippen LogP contribution in [0.2, 0.25) is 0 Å². The largest absolute Gasteiger partial charge is 0.433 e. The molecule has 3 heterocycles. The summed E-state index contributed by atoms with van der Waals surface area (Å²) in [6.07, 6.45) is -2.77. The summed E-state index contributed by atoms with van der Waals surface area (Å²) in [6.45, 7) is 0. The van der Waals surface area contributed by atoms with Crippen molar-refractivity contribution in [3.8, 4) is 11.3 Å². The van der Waals surface area contributed by atoms with Crippen LogP contribution in [0, 0.1) is 5.82 Å². The monoisotopic (exact) mass is 429 g/mol. The summed E-state index contributed by atoms with van der Waals surface area (Å²) in [6, 6.07) is 11.2. The number of amides is 1. The highest BCUT2D eigenvalue weighted by Gasteiger charge is 2.32. The van der Waals surface area contributed by atoms with Crippen LogP contribution >= 0.6 is 0 Å². The smallest absolute Gasteiger partial charge is 0.364 e. The highest BCUT2D eigenvalue weighted by Crippen LogP contribution is 2.28. The lowest BCUT2D eigenvalue weighted by molar-refractivity contribution is -0.141. The fraction of sp³-hybridized carbons (Fsp3) is 0.143. The normalized spacial score (nSPS) is 11.7. The maximum atomic E-state index is 13.3. The van der Waals surface area contributed by atoms with Crippen molar-refractivity contribution >= 4 is 11.6 Å². The topological polar surface area (TPSA) is 86.2 Å². The van der Waals surface area contributed by atoms with Gasteiger partial charge >= 0.3 is 6.18 Å².